The Kier molecular flexibility index (Phi) is 18.1. The molecule has 4 aliphatic rings. The van der Waals surface area contributed by atoms with Crippen molar-refractivity contribution in [2.24, 2.45) is 35.5 Å². The molecule has 0 aromatic carbocycles. The van der Waals surface area contributed by atoms with Gasteiger partial charge in [-0.15, -0.1) is 0 Å². The topological polar surface area (TPSA) is 184 Å². The SMILES string of the molecule is [2H]C([2H])([2H])O[C@H]1C[C@@H]2CC([2H])([2H])[C@@H](C)[C@@](O)(O2)C(=O)C(=O)N2CCCC[C@H]2C(=O)O[C@H]([C@H](C)C[C@@H]2CC[C@@H](OP(C)(=O)C([2H])([2H])[2H])[C@H](OC)C2)CC(=O)[C@H](C)/C=C(\C)[C@@H](O)[C@@H](OC)C(=C)[C@H](C)C[C@H](C)/C=C/C=CC=C1C. The molecule has 0 aromatic heterocycles. The van der Waals surface area contributed by atoms with Crippen LogP contribution in [0.3, 0.4) is 0 Å². The first-order valence-corrected chi connectivity index (χ1v) is 26.7. The van der Waals surface area contributed by atoms with Gasteiger partial charge in [-0.1, -0.05) is 77.7 Å². The van der Waals surface area contributed by atoms with Crippen LogP contribution in [-0.2, 0) is 52.0 Å². The zero-order chi connectivity index (χ0) is 58.2. The first-order valence-electron chi connectivity index (χ1n) is 28.6. The van der Waals surface area contributed by atoms with Crippen molar-refractivity contribution < 1.29 is 73.1 Å². The molecule has 3 heterocycles. The Morgan fingerprint density at radius 3 is 2.39 bits per heavy atom. The summed E-state index contributed by atoms with van der Waals surface area (Å²) in [7, 11) is -4.02. The second-order valence-electron chi connectivity index (χ2n) is 20.2. The van der Waals surface area contributed by atoms with E-state index in [1.807, 2.05) is 32.9 Å². The summed E-state index contributed by atoms with van der Waals surface area (Å²) in [5, 5.41) is 23.8. The fourth-order valence-electron chi connectivity index (χ4n) is 10.2. The Morgan fingerprint density at radius 2 is 1.71 bits per heavy atom. The molecule has 3 fully saturated rings. The number of amides is 1. The molecular weight excluding hydrogens is 902 g/mol. The Balaban J connectivity index is 1.77. The van der Waals surface area contributed by atoms with Crippen molar-refractivity contribution >= 4 is 30.8 Å². The van der Waals surface area contributed by atoms with Crippen LogP contribution in [0.4, 0.5) is 0 Å². The predicted octanol–water partition coefficient (Wildman–Crippen LogP) is 8.73. The quantitative estimate of drug-likeness (QED) is 0.102. The van der Waals surface area contributed by atoms with Crippen LogP contribution in [0.5, 0.6) is 0 Å². The van der Waals surface area contributed by atoms with E-state index in [1.54, 1.807) is 45.1 Å². The van der Waals surface area contributed by atoms with Gasteiger partial charge in [-0.05, 0) is 118 Å². The number of rotatable bonds is 8. The average Bonchev–Trinajstić information content (AvgIpc) is 3.33. The van der Waals surface area contributed by atoms with Gasteiger partial charge in [0.2, 0.25) is 5.79 Å². The van der Waals surface area contributed by atoms with Crippen LogP contribution in [-0.4, -0.2) is 134 Å². The molecule has 69 heavy (non-hydrogen) atoms. The molecule has 1 amide bonds. The van der Waals surface area contributed by atoms with Crippen molar-refractivity contribution in [1.29, 1.82) is 0 Å². The van der Waals surface area contributed by atoms with Crippen LogP contribution in [0, 0.1) is 35.5 Å². The number of aliphatic hydroxyl groups is 2. The number of ketones is 2. The second kappa shape index (κ2) is 26.6. The summed E-state index contributed by atoms with van der Waals surface area (Å²) in [6, 6.07) is -1.36. The number of nitrogens with zero attached hydrogens (tertiary/aromatic N) is 1. The predicted molar refractivity (Wildman–Crippen MR) is 268 cm³/mol. The minimum atomic E-state index is -4.03. The molecule has 390 valence electrons. The lowest BCUT2D eigenvalue weighted by atomic mass is 9.78. The van der Waals surface area contributed by atoms with Gasteiger partial charge in [-0.3, -0.25) is 18.9 Å². The number of hydrogen-bond acceptors (Lipinski definition) is 13. The molecule has 16 atom stereocenters. The van der Waals surface area contributed by atoms with Crippen molar-refractivity contribution in [3.63, 3.8) is 0 Å². The number of allylic oxidation sites excluding steroid dienone is 6. The number of methoxy groups -OCH3 is 3. The molecular formula is C54H86NO13P. The van der Waals surface area contributed by atoms with E-state index in [1.165, 1.54) is 21.1 Å². The monoisotopic (exact) mass is 996 g/mol. The van der Waals surface area contributed by atoms with Crippen LogP contribution in [0.1, 0.15) is 136 Å². The minimum Gasteiger partial charge on any atom is -0.460 e. The standard InChI is InChI=1S/C54H86NO13P/c1-33-19-15-14-16-20-34(2)46(63-9)31-42-24-22-39(7)54(61,67-42)51(58)52(59)55-26-18-17-21-43(55)53(60)66-47(37(5)29-41-23-25-45(48(30-41)64-10)68-69(12,13)62)32-44(56)36(4)28-38(6)49(57)50(65-11)40(8)35(3)27-33/h14-16,19-20,28,33,35-37,39,41-43,45-50,57,61H,8,17-18,21-27,29-32H2,1-7,9-13H3/b16-14?,19-15+,34-20?,38-28+/t33-,35-,36-,37-,39-,41+,42+,43+,45-,46+,47+,48-,49-,50+,54-/m1/s1/i9D3,12D3,22D2/t33-,35-,36-,37-,39-,41+,42+,43+,45-,46+,47+,48-,49-,50+,54-,69?. The van der Waals surface area contributed by atoms with E-state index in [9.17, 15) is 34.0 Å². The highest BCUT2D eigenvalue weighted by atomic mass is 31.2. The number of carbonyl (C=O) groups excluding carboxylic acids is 4. The van der Waals surface area contributed by atoms with Gasteiger partial charge in [0.15, 0.2) is 7.37 Å². The van der Waals surface area contributed by atoms with E-state index < -0.39 is 124 Å². The lowest BCUT2D eigenvalue weighted by molar-refractivity contribution is -0.265. The van der Waals surface area contributed by atoms with Gasteiger partial charge < -0.3 is 43.3 Å². The van der Waals surface area contributed by atoms with Crippen LogP contribution >= 0.6 is 7.37 Å². The first-order chi connectivity index (χ1) is 35.6. The van der Waals surface area contributed by atoms with E-state index in [0.29, 0.717) is 61.7 Å². The van der Waals surface area contributed by atoms with E-state index in [0.717, 1.165) is 11.6 Å². The molecule has 0 radical (unpaired) electrons. The van der Waals surface area contributed by atoms with Gasteiger partial charge >= 0.3 is 5.97 Å². The molecule has 1 saturated carbocycles. The number of cyclic esters (lactones) is 1. The molecule has 3 aliphatic heterocycles. The molecule has 0 spiro atoms. The number of ether oxygens (including phenoxy) is 5. The lowest BCUT2D eigenvalue weighted by Gasteiger charge is -2.42. The maximum atomic E-state index is 14.6. The number of Topliss-reactive ketones (excluding diaryl/α,β-unsaturated/α-hetero) is 2. The Labute approximate surface area is 424 Å². The van der Waals surface area contributed by atoms with Gasteiger partial charge in [0.25, 0.3) is 11.7 Å². The second-order valence-corrected chi connectivity index (χ2v) is 22.1. The number of esters is 1. The average molecular weight is 996 g/mol. The molecule has 4 rings (SSSR count). The van der Waals surface area contributed by atoms with Crippen molar-refractivity contribution in [1.82, 2.24) is 4.90 Å². The van der Waals surface area contributed by atoms with Gasteiger partial charge in [0.1, 0.15) is 30.1 Å². The third-order valence-corrected chi connectivity index (χ3v) is 15.2. The summed E-state index contributed by atoms with van der Waals surface area (Å²) in [4.78, 5) is 59.0. The number of carbonyl (C=O) groups is 4. The highest BCUT2D eigenvalue weighted by Crippen LogP contribution is 2.45. The van der Waals surface area contributed by atoms with Gasteiger partial charge in [-0.25, -0.2) is 4.79 Å². The fraction of sp³-hybridized carbons (Fsp3) is 0.741. The van der Waals surface area contributed by atoms with Crippen LogP contribution in [0.2, 0.25) is 0 Å². The van der Waals surface area contributed by atoms with E-state index in [-0.39, 0.29) is 49.3 Å². The summed E-state index contributed by atoms with van der Waals surface area (Å²) in [5.74, 6) is -10.3. The fourth-order valence-corrected chi connectivity index (χ4v) is 10.9. The summed E-state index contributed by atoms with van der Waals surface area (Å²) in [6.45, 7) is 14.5. The van der Waals surface area contributed by atoms with E-state index in [4.69, 9.17) is 39.2 Å². The Hall–Kier alpha value is -3.07. The van der Waals surface area contributed by atoms with Crippen molar-refractivity contribution in [3.05, 3.63) is 59.8 Å². The van der Waals surface area contributed by atoms with Gasteiger partial charge in [-0.2, -0.15) is 0 Å². The largest absolute Gasteiger partial charge is 0.460 e. The number of hydrogen-bond donors (Lipinski definition) is 2. The van der Waals surface area contributed by atoms with Gasteiger partial charge in [0, 0.05) is 72.6 Å². The number of aliphatic hydroxyl groups excluding tert-OH is 1. The Morgan fingerprint density at radius 1 is 0.971 bits per heavy atom. The first kappa shape index (κ1) is 47.0. The highest BCUT2D eigenvalue weighted by molar-refractivity contribution is 7.57. The number of piperidine rings is 1. The third kappa shape index (κ3) is 16.2. The summed E-state index contributed by atoms with van der Waals surface area (Å²) in [5.41, 5.74) is 1.50. The lowest BCUT2D eigenvalue weighted by Crippen LogP contribution is -2.61. The molecule has 2 saturated heterocycles. The van der Waals surface area contributed by atoms with Crippen LogP contribution < -0.4 is 0 Å². The maximum Gasteiger partial charge on any atom is 0.329 e. The molecule has 14 nitrogen and oxygen atoms in total. The molecule has 15 heteroatoms. The zero-order valence-corrected chi connectivity index (χ0v) is 43.4. The maximum absolute atomic E-state index is 14.6. The summed E-state index contributed by atoms with van der Waals surface area (Å²) >= 11 is 0. The van der Waals surface area contributed by atoms with Gasteiger partial charge in [0.05, 0.1) is 28.5 Å². The van der Waals surface area contributed by atoms with E-state index in [2.05, 4.69) is 6.58 Å². The van der Waals surface area contributed by atoms with Crippen LogP contribution in [0.25, 0.3) is 0 Å². The minimum absolute atomic E-state index is 0.0256. The Bertz CT molecular complexity index is 2250. The molecule has 2 bridgehead atoms. The van der Waals surface area contributed by atoms with E-state index >= 15 is 0 Å². The summed E-state index contributed by atoms with van der Waals surface area (Å²) in [6.07, 6.45) is 3.16. The van der Waals surface area contributed by atoms with Crippen molar-refractivity contribution in [2.45, 2.75) is 180 Å². The normalized spacial score (nSPS) is 41.3. The summed E-state index contributed by atoms with van der Waals surface area (Å²) < 4.78 is 113. The van der Waals surface area contributed by atoms with Crippen molar-refractivity contribution in [3.8, 4) is 0 Å². The molecule has 1 aliphatic carbocycles. The third-order valence-electron chi connectivity index (χ3n) is 14.5. The number of fused-ring (bicyclic) bond motifs is 3. The van der Waals surface area contributed by atoms with Crippen LogP contribution in [0.15, 0.2) is 59.8 Å². The highest BCUT2D eigenvalue weighted by Gasteiger charge is 2.53. The molecule has 0 aromatic rings. The molecule has 1 unspecified atom stereocenters. The zero-order valence-electron chi connectivity index (χ0n) is 50.5. The smallest absolute Gasteiger partial charge is 0.329 e. The molecule has 2 N–H and O–H groups in total. The van der Waals surface area contributed by atoms with Crippen molar-refractivity contribution in [2.75, 3.05) is 41.1 Å².